The molecule has 144 valence electrons. The fourth-order valence-electron chi connectivity index (χ4n) is 2.61. The average Bonchev–Trinajstić information content (AvgIpc) is 3.15. The number of aromatic nitrogens is 1. The van der Waals surface area contributed by atoms with Crippen LogP contribution in [0.25, 0.3) is 10.9 Å². The zero-order valence-electron chi connectivity index (χ0n) is 15.7. The maximum Gasteiger partial charge on any atom is 0.287 e. The molecular formula is C21H21N3O4. The Hall–Kier alpha value is -3.74. The molecule has 1 aromatic heterocycles. The molecule has 7 heteroatoms. The van der Waals surface area contributed by atoms with Gasteiger partial charge in [0.2, 0.25) is 0 Å². The summed E-state index contributed by atoms with van der Waals surface area (Å²) in [5, 5.41) is 4.83. The average molecular weight is 379 g/mol. The lowest BCUT2D eigenvalue weighted by molar-refractivity contribution is 0.0951. The molecule has 0 aliphatic heterocycles. The van der Waals surface area contributed by atoms with Gasteiger partial charge in [-0.3, -0.25) is 4.79 Å². The molecule has 2 N–H and O–H groups in total. The molecule has 0 aliphatic carbocycles. The molecule has 3 aromatic rings. The van der Waals surface area contributed by atoms with Crippen molar-refractivity contribution in [2.45, 2.75) is 0 Å². The number of H-pyrrole nitrogens is 1. The molecular weight excluding hydrogens is 358 g/mol. The van der Waals surface area contributed by atoms with Crippen LogP contribution in [-0.2, 0) is 0 Å². The van der Waals surface area contributed by atoms with Crippen LogP contribution in [-0.4, -0.2) is 37.9 Å². The molecule has 0 bridgehead atoms. The molecule has 0 radical (unpaired) electrons. The van der Waals surface area contributed by atoms with E-state index in [-0.39, 0.29) is 5.91 Å². The minimum atomic E-state index is -0.351. The SMILES string of the molecule is C=CCOc1ccc(C=NNC(=O)c2cc3cc(OC)c(OC)cc3[nH]2)cc1. The molecule has 1 amide bonds. The second-order valence-electron chi connectivity index (χ2n) is 5.85. The van der Waals surface area contributed by atoms with Crippen LogP contribution in [0.2, 0.25) is 0 Å². The molecule has 0 saturated heterocycles. The number of amides is 1. The highest BCUT2D eigenvalue weighted by Gasteiger charge is 2.12. The first kappa shape index (κ1) is 19.0. The van der Waals surface area contributed by atoms with Gasteiger partial charge in [-0.2, -0.15) is 5.10 Å². The van der Waals surface area contributed by atoms with E-state index in [1.54, 1.807) is 44.7 Å². The molecule has 0 saturated carbocycles. The standard InChI is InChI=1S/C21H21N3O4/c1-4-9-28-16-7-5-14(6-8-16)13-22-24-21(25)18-10-15-11-19(26-2)20(27-3)12-17(15)23-18/h4-8,10-13,23H,1,9H2,2-3H3,(H,24,25). The van der Waals surface area contributed by atoms with E-state index in [0.717, 1.165) is 22.2 Å². The van der Waals surface area contributed by atoms with E-state index in [9.17, 15) is 4.79 Å². The van der Waals surface area contributed by atoms with E-state index in [1.807, 2.05) is 24.3 Å². The first-order chi connectivity index (χ1) is 13.6. The predicted octanol–water partition coefficient (Wildman–Crippen LogP) is 3.51. The summed E-state index contributed by atoms with van der Waals surface area (Å²) in [6.07, 6.45) is 3.24. The number of ether oxygens (including phenoxy) is 3. The number of carbonyl (C=O) groups is 1. The highest BCUT2D eigenvalue weighted by molar-refractivity contribution is 5.99. The van der Waals surface area contributed by atoms with Crippen LogP contribution in [0.4, 0.5) is 0 Å². The van der Waals surface area contributed by atoms with E-state index >= 15 is 0 Å². The quantitative estimate of drug-likeness (QED) is 0.356. The minimum absolute atomic E-state index is 0.351. The Kier molecular flexibility index (Phi) is 5.96. The van der Waals surface area contributed by atoms with Gasteiger partial charge in [-0.05, 0) is 42.0 Å². The Morgan fingerprint density at radius 2 is 1.86 bits per heavy atom. The number of methoxy groups -OCH3 is 2. The van der Waals surface area contributed by atoms with Gasteiger partial charge in [0, 0.05) is 17.0 Å². The number of carbonyl (C=O) groups excluding carboxylic acids is 1. The maximum atomic E-state index is 12.3. The number of hydrazone groups is 1. The summed E-state index contributed by atoms with van der Waals surface area (Å²) >= 11 is 0. The molecule has 0 spiro atoms. The first-order valence-corrected chi connectivity index (χ1v) is 8.56. The summed E-state index contributed by atoms with van der Waals surface area (Å²) < 4.78 is 16.0. The number of hydrogen-bond donors (Lipinski definition) is 2. The van der Waals surface area contributed by atoms with Gasteiger partial charge in [0.25, 0.3) is 5.91 Å². The molecule has 3 rings (SSSR count). The van der Waals surface area contributed by atoms with Crippen LogP contribution < -0.4 is 19.6 Å². The maximum absolute atomic E-state index is 12.3. The van der Waals surface area contributed by atoms with E-state index in [1.165, 1.54) is 0 Å². The zero-order chi connectivity index (χ0) is 19.9. The summed E-state index contributed by atoms with van der Waals surface area (Å²) in [6.45, 7) is 4.06. The van der Waals surface area contributed by atoms with Crippen LogP contribution in [0.1, 0.15) is 16.1 Å². The van der Waals surface area contributed by atoms with Gasteiger partial charge in [0.15, 0.2) is 11.5 Å². The lowest BCUT2D eigenvalue weighted by Gasteiger charge is -2.06. The van der Waals surface area contributed by atoms with Crippen molar-refractivity contribution in [1.29, 1.82) is 0 Å². The number of benzene rings is 2. The second-order valence-corrected chi connectivity index (χ2v) is 5.85. The van der Waals surface area contributed by atoms with Crippen LogP contribution in [0.3, 0.4) is 0 Å². The number of fused-ring (bicyclic) bond motifs is 1. The van der Waals surface area contributed by atoms with Crippen molar-refractivity contribution in [3.05, 3.63) is 66.4 Å². The normalized spacial score (nSPS) is 10.8. The Bertz CT molecular complexity index is 965. The van der Waals surface area contributed by atoms with Gasteiger partial charge < -0.3 is 19.2 Å². The van der Waals surface area contributed by atoms with Gasteiger partial charge >= 0.3 is 0 Å². The van der Waals surface area contributed by atoms with Crippen molar-refractivity contribution in [1.82, 2.24) is 10.4 Å². The Morgan fingerprint density at radius 1 is 1.14 bits per heavy atom. The van der Waals surface area contributed by atoms with Crippen molar-refractivity contribution in [2.24, 2.45) is 5.10 Å². The number of nitrogens with one attached hydrogen (secondary N) is 2. The van der Waals surface area contributed by atoms with Crippen molar-refractivity contribution in [3.63, 3.8) is 0 Å². The summed E-state index contributed by atoms with van der Waals surface area (Å²) in [4.78, 5) is 15.4. The van der Waals surface area contributed by atoms with Gasteiger partial charge in [0.1, 0.15) is 18.1 Å². The van der Waals surface area contributed by atoms with Crippen molar-refractivity contribution in [2.75, 3.05) is 20.8 Å². The largest absolute Gasteiger partial charge is 0.493 e. The van der Waals surface area contributed by atoms with Crippen molar-refractivity contribution >= 4 is 23.0 Å². The van der Waals surface area contributed by atoms with Crippen LogP contribution in [0.5, 0.6) is 17.2 Å². The summed E-state index contributed by atoms with van der Waals surface area (Å²) in [5.74, 6) is 1.57. The zero-order valence-corrected chi connectivity index (χ0v) is 15.7. The number of nitrogens with zero attached hydrogens (tertiary/aromatic N) is 1. The van der Waals surface area contributed by atoms with Gasteiger partial charge in [0.05, 0.1) is 20.4 Å². The predicted molar refractivity (Wildman–Crippen MR) is 109 cm³/mol. The number of hydrogen-bond acceptors (Lipinski definition) is 5. The van der Waals surface area contributed by atoms with Crippen LogP contribution >= 0.6 is 0 Å². The smallest absolute Gasteiger partial charge is 0.287 e. The van der Waals surface area contributed by atoms with E-state index < -0.39 is 0 Å². The molecule has 0 aliphatic rings. The molecule has 0 atom stereocenters. The summed E-state index contributed by atoms with van der Waals surface area (Å²) in [7, 11) is 3.13. The first-order valence-electron chi connectivity index (χ1n) is 8.56. The molecule has 1 heterocycles. The monoisotopic (exact) mass is 379 g/mol. The lowest BCUT2D eigenvalue weighted by atomic mass is 10.2. The van der Waals surface area contributed by atoms with Gasteiger partial charge in [-0.25, -0.2) is 5.43 Å². The van der Waals surface area contributed by atoms with Crippen molar-refractivity contribution < 1.29 is 19.0 Å². The molecule has 28 heavy (non-hydrogen) atoms. The molecule has 2 aromatic carbocycles. The van der Waals surface area contributed by atoms with Crippen molar-refractivity contribution in [3.8, 4) is 17.2 Å². The van der Waals surface area contributed by atoms with E-state index in [4.69, 9.17) is 14.2 Å². The highest BCUT2D eigenvalue weighted by Crippen LogP contribution is 2.32. The van der Waals surface area contributed by atoms with E-state index in [0.29, 0.717) is 23.8 Å². The Balaban J connectivity index is 1.67. The van der Waals surface area contributed by atoms with E-state index in [2.05, 4.69) is 22.1 Å². The van der Waals surface area contributed by atoms with Gasteiger partial charge in [-0.1, -0.05) is 12.7 Å². The Labute approximate surface area is 162 Å². The molecule has 0 unspecified atom stereocenters. The fourth-order valence-corrected chi connectivity index (χ4v) is 2.61. The summed E-state index contributed by atoms with van der Waals surface area (Å²) in [5.41, 5.74) is 4.49. The third-order valence-corrected chi connectivity index (χ3v) is 4.00. The number of aromatic amines is 1. The van der Waals surface area contributed by atoms with Crippen LogP contribution in [0, 0.1) is 0 Å². The topological polar surface area (TPSA) is 84.9 Å². The lowest BCUT2D eigenvalue weighted by Crippen LogP contribution is -2.17. The fraction of sp³-hybridized carbons (Fsp3) is 0.143. The highest BCUT2D eigenvalue weighted by atomic mass is 16.5. The molecule has 0 fully saturated rings. The summed E-state index contributed by atoms with van der Waals surface area (Å²) in [6, 6.07) is 12.7. The molecule has 7 nitrogen and oxygen atoms in total. The number of rotatable bonds is 8. The Morgan fingerprint density at radius 3 is 2.54 bits per heavy atom. The third kappa shape index (κ3) is 4.32. The third-order valence-electron chi connectivity index (χ3n) is 4.00. The van der Waals surface area contributed by atoms with Gasteiger partial charge in [-0.15, -0.1) is 0 Å². The second kappa shape index (κ2) is 8.77. The minimum Gasteiger partial charge on any atom is -0.493 e. The van der Waals surface area contributed by atoms with Crippen LogP contribution in [0.15, 0.2) is 60.2 Å².